The van der Waals surface area contributed by atoms with Crippen LogP contribution < -0.4 is 20.5 Å². The summed E-state index contributed by atoms with van der Waals surface area (Å²) in [4.78, 5) is 12.1. The molecule has 2 aromatic carbocycles. The molecule has 0 aliphatic heterocycles. The fraction of sp³-hybridized carbons (Fsp3) is 0.278. The molecule has 0 fully saturated rings. The van der Waals surface area contributed by atoms with Crippen LogP contribution in [-0.4, -0.2) is 20.1 Å². The Kier molecular flexibility index (Phi) is 6.63. The third-order valence-corrected chi connectivity index (χ3v) is 4.21. The van der Waals surface area contributed by atoms with Crippen molar-refractivity contribution < 1.29 is 14.3 Å². The summed E-state index contributed by atoms with van der Waals surface area (Å²) in [5, 5.41) is 2.88. The molecule has 0 aromatic heterocycles. The Morgan fingerprint density at radius 1 is 1.21 bits per heavy atom. The molecule has 0 aliphatic carbocycles. The van der Waals surface area contributed by atoms with Crippen molar-refractivity contribution in [1.82, 2.24) is 5.32 Å². The summed E-state index contributed by atoms with van der Waals surface area (Å²) in [6, 6.07) is 13.0. The van der Waals surface area contributed by atoms with Gasteiger partial charge in [-0.3, -0.25) is 4.79 Å². The Labute approximate surface area is 150 Å². The number of carbonyl (C=O) groups excluding carboxylic acids is 1. The average Bonchev–Trinajstić information content (AvgIpc) is 2.60. The maximum Gasteiger partial charge on any atom is 0.222 e. The molecule has 2 rings (SSSR count). The second kappa shape index (κ2) is 8.70. The first kappa shape index (κ1) is 18.3. The third-order valence-electron chi connectivity index (χ3n) is 3.62. The van der Waals surface area contributed by atoms with Crippen LogP contribution in [0.1, 0.15) is 23.6 Å². The average molecular weight is 393 g/mol. The molecular formula is C18H21BrN2O3. The molecule has 0 heterocycles. The Morgan fingerprint density at radius 2 is 1.92 bits per heavy atom. The number of benzene rings is 2. The Balaban J connectivity index is 1.95. The summed E-state index contributed by atoms with van der Waals surface area (Å²) in [7, 11) is 3.15. The second-order valence-electron chi connectivity index (χ2n) is 5.31. The SMILES string of the molecule is COc1cc(CNC(=O)CC(N)c2ccccc2)cc(Br)c1OC. The number of amides is 1. The van der Waals surface area contributed by atoms with Crippen molar-refractivity contribution in [3.63, 3.8) is 0 Å². The minimum atomic E-state index is -0.316. The highest BCUT2D eigenvalue weighted by Gasteiger charge is 2.13. The topological polar surface area (TPSA) is 73.6 Å². The first-order valence-corrected chi connectivity index (χ1v) is 8.32. The summed E-state index contributed by atoms with van der Waals surface area (Å²) in [6.45, 7) is 0.388. The van der Waals surface area contributed by atoms with Gasteiger partial charge in [0.05, 0.1) is 18.7 Å². The zero-order valence-corrected chi connectivity index (χ0v) is 15.3. The van der Waals surface area contributed by atoms with Crippen LogP contribution in [0.15, 0.2) is 46.9 Å². The number of nitrogens with two attached hydrogens (primary N) is 1. The Bertz CT molecular complexity index is 692. The van der Waals surface area contributed by atoms with Gasteiger partial charge in [-0.05, 0) is 39.2 Å². The molecule has 0 radical (unpaired) electrons. The molecule has 128 valence electrons. The van der Waals surface area contributed by atoms with Gasteiger partial charge in [-0.1, -0.05) is 30.3 Å². The largest absolute Gasteiger partial charge is 0.493 e. The molecule has 6 heteroatoms. The molecule has 5 nitrogen and oxygen atoms in total. The molecule has 0 spiro atoms. The van der Waals surface area contributed by atoms with E-state index in [0.29, 0.717) is 18.0 Å². The maximum absolute atomic E-state index is 12.1. The lowest BCUT2D eigenvalue weighted by atomic mass is 10.0. The van der Waals surface area contributed by atoms with Gasteiger partial charge in [0.1, 0.15) is 0 Å². The number of nitrogens with one attached hydrogen (secondary N) is 1. The molecule has 0 saturated heterocycles. The summed E-state index contributed by atoms with van der Waals surface area (Å²) >= 11 is 3.44. The van der Waals surface area contributed by atoms with Crippen molar-refractivity contribution in [2.45, 2.75) is 19.0 Å². The van der Waals surface area contributed by atoms with Crippen molar-refractivity contribution in [2.24, 2.45) is 5.73 Å². The maximum atomic E-state index is 12.1. The summed E-state index contributed by atoms with van der Waals surface area (Å²) in [5.41, 5.74) is 7.92. The van der Waals surface area contributed by atoms with Gasteiger partial charge >= 0.3 is 0 Å². The predicted octanol–water partition coefficient (Wildman–Crippen LogP) is 3.17. The van der Waals surface area contributed by atoms with Gasteiger partial charge in [-0.2, -0.15) is 0 Å². The molecule has 0 saturated carbocycles. The van der Waals surface area contributed by atoms with Crippen LogP contribution in [0.4, 0.5) is 0 Å². The van der Waals surface area contributed by atoms with E-state index < -0.39 is 0 Å². The molecule has 0 bridgehead atoms. The Morgan fingerprint density at radius 3 is 2.54 bits per heavy atom. The quantitative estimate of drug-likeness (QED) is 0.758. The number of hydrogen-bond acceptors (Lipinski definition) is 4. The third kappa shape index (κ3) is 4.72. The molecule has 2 aromatic rings. The van der Waals surface area contributed by atoms with Gasteiger partial charge < -0.3 is 20.5 Å². The van der Waals surface area contributed by atoms with E-state index in [1.54, 1.807) is 14.2 Å². The van der Waals surface area contributed by atoms with E-state index in [1.165, 1.54) is 0 Å². The van der Waals surface area contributed by atoms with E-state index in [4.69, 9.17) is 15.2 Å². The number of hydrogen-bond donors (Lipinski definition) is 2. The number of halogens is 1. The lowest BCUT2D eigenvalue weighted by Crippen LogP contribution is -2.27. The van der Waals surface area contributed by atoms with Crippen LogP contribution in [-0.2, 0) is 11.3 Å². The smallest absolute Gasteiger partial charge is 0.222 e. The van der Waals surface area contributed by atoms with E-state index in [9.17, 15) is 4.79 Å². The zero-order chi connectivity index (χ0) is 17.5. The van der Waals surface area contributed by atoms with Gasteiger partial charge in [0.25, 0.3) is 0 Å². The van der Waals surface area contributed by atoms with Crippen molar-refractivity contribution in [3.05, 3.63) is 58.1 Å². The fourth-order valence-corrected chi connectivity index (χ4v) is 3.02. The van der Waals surface area contributed by atoms with Crippen LogP contribution in [0.5, 0.6) is 11.5 Å². The standard InChI is InChI=1S/C18H21BrN2O3/c1-23-16-9-12(8-14(19)18(16)24-2)11-21-17(22)10-15(20)13-6-4-3-5-7-13/h3-9,15H,10-11,20H2,1-2H3,(H,21,22). The molecule has 24 heavy (non-hydrogen) atoms. The first-order valence-electron chi connectivity index (χ1n) is 7.52. The van der Waals surface area contributed by atoms with Gasteiger partial charge in [0, 0.05) is 19.0 Å². The zero-order valence-electron chi connectivity index (χ0n) is 13.7. The minimum absolute atomic E-state index is 0.0998. The lowest BCUT2D eigenvalue weighted by molar-refractivity contribution is -0.121. The van der Waals surface area contributed by atoms with Gasteiger partial charge in [-0.25, -0.2) is 0 Å². The van der Waals surface area contributed by atoms with Crippen molar-refractivity contribution >= 4 is 21.8 Å². The lowest BCUT2D eigenvalue weighted by Gasteiger charge is -2.14. The van der Waals surface area contributed by atoms with E-state index in [1.807, 2.05) is 42.5 Å². The predicted molar refractivity (Wildman–Crippen MR) is 97.1 cm³/mol. The molecule has 1 atom stereocenters. The Hall–Kier alpha value is -2.05. The molecule has 3 N–H and O–H groups in total. The number of ether oxygens (including phenoxy) is 2. The van der Waals surface area contributed by atoms with Crippen LogP contribution in [0.25, 0.3) is 0 Å². The van der Waals surface area contributed by atoms with E-state index >= 15 is 0 Å². The number of rotatable bonds is 7. The second-order valence-corrected chi connectivity index (χ2v) is 6.17. The highest BCUT2D eigenvalue weighted by molar-refractivity contribution is 9.10. The normalized spacial score (nSPS) is 11.7. The summed E-state index contributed by atoms with van der Waals surface area (Å²) in [6.07, 6.45) is 0.235. The monoisotopic (exact) mass is 392 g/mol. The van der Waals surface area contributed by atoms with Crippen molar-refractivity contribution in [1.29, 1.82) is 0 Å². The van der Waals surface area contributed by atoms with Gasteiger partial charge in [0.2, 0.25) is 5.91 Å². The fourth-order valence-electron chi connectivity index (χ4n) is 2.36. The minimum Gasteiger partial charge on any atom is -0.493 e. The summed E-state index contributed by atoms with van der Waals surface area (Å²) in [5.74, 6) is 1.13. The van der Waals surface area contributed by atoms with Crippen LogP contribution in [0.3, 0.4) is 0 Å². The van der Waals surface area contributed by atoms with Gasteiger partial charge in [0.15, 0.2) is 11.5 Å². The highest BCUT2D eigenvalue weighted by atomic mass is 79.9. The van der Waals surface area contributed by atoms with Gasteiger partial charge in [-0.15, -0.1) is 0 Å². The van der Waals surface area contributed by atoms with E-state index in [0.717, 1.165) is 15.6 Å². The molecular weight excluding hydrogens is 372 g/mol. The molecule has 1 unspecified atom stereocenters. The molecule has 1 amide bonds. The van der Waals surface area contributed by atoms with Crippen LogP contribution in [0.2, 0.25) is 0 Å². The molecule has 0 aliphatic rings. The number of carbonyl (C=O) groups is 1. The van der Waals surface area contributed by atoms with Crippen LogP contribution >= 0.6 is 15.9 Å². The first-order chi connectivity index (χ1) is 11.5. The van der Waals surface area contributed by atoms with Crippen molar-refractivity contribution in [2.75, 3.05) is 14.2 Å². The van der Waals surface area contributed by atoms with E-state index in [-0.39, 0.29) is 18.4 Å². The highest BCUT2D eigenvalue weighted by Crippen LogP contribution is 2.36. The summed E-state index contributed by atoms with van der Waals surface area (Å²) < 4.78 is 11.3. The number of methoxy groups -OCH3 is 2. The van der Waals surface area contributed by atoms with Crippen LogP contribution in [0, 0.1) is 0 Å². The van der Waals surface area contributed by atoms with E-state index in [2.05, 4.69) is 21.2 Å². The van der Waals surface area contributed by atoms with Crippen molar-refractivity contribution in [3.8, 4) is 11.5 Å².